The summed E-state index contributed by atoms with van der Waals surface area (Å²) in [5.74, 6) is 4.75. The number of nitrogen functional groups attached to an aromatic ring is 1. The molecule has 10 nitrogen and oxygen atoms in total. The van der Waals surface area contributed by atoms with Crippen LogP contribution in [0, 0.1) is 0 Å². The number of amides is 2. The van der Waals surface area contributed by atoms with Gasteiger partial charge in [-0.3, -0.25) is 20.9 Å². The molecule has 0 aliphatic rings. The molecule has 26 heavy (non-hydrogen) atoms. The van der Waals surface area contributed by atoms with Crippen LogP contribution in [0.1, 0.15) is 12.5 Å². The molecular weight excluding hydrogens is 340 g/mol. The van der Waals surface area contributed by atoms with E-state index in [9.17, 15) is 9.59 Å². The van der Waals surface area contributed by atoms with Gasteiger partial charge < -0.3 is 25.8 Å². The first-order chi connectivity index (χ1) is 12.4. The van der Waals surface area contributed by atoms with E-state index in [0.29, 0.717) is 32.1 Å². The molecule has 0 saturated carbocycles. The van der Waals surface area contributed by atoms with Crippen LogP contribution < -0.4 is 22.7 Å². The molecular formula is C16H30N6O4. The summed E-state index contributed by atoms with van der Waals surface area (Å²) < 4.78 is 9.67. The van der Waals surface area contributed by atoms with Crippen LogP contribution in [0.25, 0.3) is 0 Å². The van der Waals surface area contributed by atoms with Crippen molar-refractivity contribution in [1.29, 1.82) is 0 Å². The van der Waals surface area contributed by atoms with Crippen LogP contribution in [0.15, 0.2) is 18.3 Å². The van der Waals surface area contributed by atoms with Gasteiger partial charge in [0.15, 0.2) is 0 Å². The molecule has 0 radical (unpaired) electrons. The Labute approximate surface area is 154 Å². The Kier molecular flexibility index (Phi) is 13.7. The molecule has 148 valence electrons. The Balaban J connectivity index is 0.000000758. The molecule has 10 heteroatoms. The quantitative estimate of drug-likeness (QED) is 0.211. The second-order valence-corrected chi connectivity index (χ2v) is 5.19. The minimum absolute atomic E-state index is 0.130. The third-order valence-electron chi connectivity index (χ3n) is 3.06. The highest BCUT2D eigenvalue weighted by molar-refractivity contribution is 5.85. The van der Waals surface area contributed by atoms with Gasteiger partial charge in [-0.1, -0.05) is 6.07 Å². The van der Waals surface area contributed by atoms with Crippen molar-refractivity contribution in [2.75, 3.05) is 52.3 Å². The van der Waals surface area contributed by atoms with Gasteiger partial charge in [-0.05, 0) is 18.6 Å². The minimum atomic E-state index is -0.569. The topological polar surface area (TPSA) is 159 Å². The molecule has 7 N–H and O–H groups in total. The number of hydrazine groups is 1. The van der Waals surface area contributed by atoms with Crippen molar-refractivity contribution in [2.24, 2.45) is 11.6 Å². The van der Waals surface area contributed by atoms with Crippen LogP contribution in [0.2, 0.25) is 0 Å². The molecule has 2 amide bonds. The molecule has 0 saturated heterocycles. The Morgan fingerprint density at radius 1 is 1.31 bits per heavy atom. The highest BCUT2D eigenvalue weighted by atomic mass is 16.5. The summed E-state index contributed by atoms with van der Waals surface area (Å²) in [7, 11) is 1.67. The van der Waals surface area contributed by atoms with Crippen LogP contribution in [0.3, 0.4) is 0 Å². The summed E-state index contributed by atoms with van der Waals surface area (Å²) in [5, 5.41) is 0. The number of nitrogens with two attached hydrogens (primary N) is 3. The molecule has 0 atom stereocenters. The molecule has 1 heterocycles. The number of aromatic nitrogens is 1. The summed E-state index contributed by atoms with van der Waals surface area (Å²) in [6.07, 6.45) is 1.65. The SMILES string of the molecule is CCOCCOC.NNCCN(CC(N)=O)C(=O)Cc1ccc(N)nc1. The minimum Gasteiger partial charge on any atom is -0.384 e. The average molecular weight is 370 g/mol. The Morgan fingerprint density at radius 3 is 2.54 bits per heavy atom. The summed E-state index contributed by atoms with van der Waals surface area (Å²) in [5.41, 5.74) is 13.7. The molecule has 0 aliphatic heterocycles. The van der Waals surface area contributed by atoms with Crippen molar-refractivity contribution < 1.29 is 19.1 Å². The standard InChI is InChI=1S/C11H18N6O2.C5H12O2/c12-9-2-1-8(6-15-9)5-11(19)17(4-3-16-14)7-10(13)18;1-3-7-5-4-6-2/h1-2,6,16H,3-5,7,14H2,(H2,12,15)(H2,13,18);3-5H2,1-2H3. The van der Waals surface area contributed by atoms with Crippen molar-refractivity contribution in [1.82, 2.24) is 15.3 Å². The zero-order chi connectivity index (χ0) is 19.8. The largest absolute Gasteiger partial charge is 0.384 e. The van der Waals surface area contributed by atoms with Gasteiger partial charge in [0, 0.05) is 33.0 Å². The maximum absolute atomic E-state index is 12.0. The highest BCUT2D eigenvalue weighted by Gasteiger charge is 2.15. The third-order valence-corrected chi connectivity index (χ3v) is 3.06. The fourth-order valence-corrected chi connectivity index (χ4v) is 1.79. The van der Waals surface area contributed by atoms with Gasteiger partial charge >= 0.3 is 0 Å². The van der Waals surface area contributed by atoms with E-state index in [4.69, 9.17) is 26.8 Å². The van der Waals surface area contributed by atoms with Gasteiger partial charge in [0.2, 0.25) is 11.8 Å². The Hall–Kier alpha value is -2.27. The molecule has 0 aromatic carbocycles. The number of nitrogens with one attached hydrogen (secondary N) is 1. The van der Waals surface area contributed by atoms with E-state index >= 15 is 0 Å². The average Bonchev–Trinajstić information content (AvgIpc) is 2.61. The fraction of sp³-hybridized carbons (Fsp3) is 0.562. The maximum Gasteiger partial charge on any atom is 0.237 e. The van der Waals surface area contributed by atoms with Crippen LogP contribution >= 0.6 is 0 Å². The number of ether oxygens (including phenoxy) is 2. The van der Waals surface area contributed by atoms with E-state index in [0.717, 1.165) is 12.2 Å². The first-order valence-electron chi connectivity index (χ1n) is 8.21. The number of pyridine rings is 1. The molecule has 0 bridgehead atoms. The molecule has 1 aromatic heterocycles. The zero-order valence-corrected chi connectivity index (χ0v) is 15.4. The summed E-state index contributed by atoms with van der Waals surface area (Å²) >= 11 is 0. The van der Waals surface area contributed by atoms with Gasteiger partial charge in [0.25, 0.3) is 0 Å². The van der Waals surface area contributed by atoms with Crippen molar-refractivity contribution in [3.05, 3.63) is 23.9 Å². The van der Waals surface area contributed by atoms with Gasteiger partial charge in [-0.2, -0.15) is 0 Å². The first-order valence-corrected chi connectivity index (χ1v) is 8.21. The van der Waals surface area contributed by atoms with Gasteiger partial charge in [-0.25, -0.2) is 4.98 Å². The summed E-state index contributed by atoms with van der Waals surface area (Å²) in [4.78, 5) is 28.2. The van der Waals surface area contributed by atoms with E-state index in [-0.39, 0.29) is 18.9 Å². The lowest BCUT2D eigenvalue weighted by molar-refractivity contribution is -0.134. The number of nitrogens with zero attached hydrogens (tertiary/aromatic N) is 2. The Bertz CT molecular complexity index is 508. The summed E-state index contributed by atoms with van der Waals surface area (Å²) in [6.45, 7) is 4.71. The number of carbonyl (C=O) groups excluding carboxylic acids is 2. The van der Waals surface area contributed by atoms with Gasteiger partial charge in [-0.15, -0.1) is 0 Å². The van der Waals surface area contributed by atoms with Crippen molar-refractivity contribution in [3.63, 3.8) is 0 Å². The zero-order valence-electron chi connectivity index (χ0n) is 15.4. The van der Waals surface area contributed by atoms with E-state index in [1.165, 1.54) is 11.1 Å². The van der Waals surface area contributed by atoms with Gasteiger partial charge in [0.1, 0.15) is 5.82 Å². The number of primary amides is 1. The monoisotopic (exact) mass is 370 g/mol. The molecule has 0 fully saturated rings. The number of methoxy groups -OCH3 is 1. The van der Waals surface area contributed by atoms with E-state index < -0.39 is 5.91 Å². The molecule has 0 aliphatic carbocycles. The van der Waals surface area contributed by atoms with Crippen molar-refractivity contribution >= 4 is 17.6 Å². The maximum atomic E-state index is 12.0. The predicted molar refractivity (Wildman–Crippen MR) is 98.7 cm³/mol. The van der Waals surface area contributed by atoms with Crippen LogP contribution in [0.5, 0.6) is 0 Å². The highest BCUT2D eigenvalue weighted by Crippen LogP contribution is 2.04. The van der Waals surface area contributed by atoms with E-state index in [1.54, 1.807) is 19.2 Å². The van der Waals surface area contributed by atoms with Crippen molar-refractivity contribution in [3.8, 4) is 0 Å². The lowest BCUT2D eigenvalue weighted by atomic mass is 10.2. The molecule has 1 aromatic rings. The number of hydrogen-bond acceptors (Lipinski definition) is 8. The number of carbonyl (C=O) groups is 2. The smallest absolute Gasteiger partial charge is 0.237 e. The van der Waals surface area contributed by atoms with Crippen molar-refractivity contribution in [2.45, 2.75) is 13.3 Å². The molecule has 1 rings (SSSR count). The molecule has 0 spiro atoms. The first kappa shape index (κ1) is 23.7. The number of rotatable bonds is 11. The van der Waals surface area contributed by atoms with Crippen LogP contribution in [-0.2, 0) is 25.5 Å². The second-order valence-electron chi connectivity index (χ2n) is 5.19. The normalized spacial score (nSPS) is 9.96. The predicted octanol–water partition coefficient (Wildman–Crippen LogP) is -1.35. The van der Waals surface area contributed by atoms with Crippen LogP contribution in [-0.4, -0.2) is 68.3 Å². The van der Waals surface area contributed by atoms with Gasteiger partial charge in [0.05, 0.1) is 26.2 Å². The molecule has 0 unspecified atom stereocenters. The van der Waals surface area contributed by atoms with E-state index in [2.05, 4.69) is 10.4 Å². The third kappa shape index (κ3) is 12.1. The number of anilines is 1. The lowest BCUT2D eigenvalue weighted by Crippen LogP contribution is -2.43. The van der Waals surface area contributed by atoms with Crippen LogP contribution in [0.4, 0.5) is 5.82 Å². The summed E-state index contributed by atoms with van der Waals surface area (Å²) in [6, 6.07) is 3.33. The lowest BCUT2D eigenvalue weighted by Gasteiger charge is -2.20. The Morgan fingerprint density at radius 2 is 2.04 bits per heavy atom. The fourth-order valence-electron chi connectivity index (χ4n) is 1.79. The second kappa shape index (κ2) is 15.0. The number of hydrogen-bond donors (Lipinski definition) is 4. The van der Waals surface area contributed by atoms with E-state index in [1.807, 2.05) is 6.92 Å².